The summed E-state index contributed by atoms with van der Waals surface area (Å²) in [5.74, 6) is 0.772. The van der Waals surface area contributed by atoms with Gasteiger partial charge in [-0.3, -0.25) is 4.52 Å². The molecule has 0 aromatic heterocycles. The fraction of sp³-hybridized carbons (Fsp3) is 1.00. The summed E-state index contributed by atoms with van der Waals surface area (Å²) in [5, 5.41) is 0. The van der Waals surface area contributed by atoms with Gasteiger partial charge in [0.05, 0.1) is 19.8 Å². The second kappa shape index (κ2) is 5.37. The topological polar surface area (TPSA) is 76.0 Å². The SMILES string of the molecule is O=P(O)(O)OCCC1(CC2CCCC2)COC1. The lowest BCUT2D eigenvalue weighted by Gasteiger charge is -2.43. The van der Waals surface area contributed by atoms with E-state index in [9.17, 15) is 4.57 Å². The summed E-state index contributed by atoms with van der Waals surface area (Å²) >= 11 is 0. The maximum absolute atomic E-state index is 10.6. The van der Waals surface area contributed by atoms with Gasteiger partial charge in [-0.2, -0.15) is 0 Å². The molecule has 17 heavy (non-hydrogen) atoms. The first-order chi connectivity index (χ1) is 7.99. The van der Waals surface area contributed by atoms with Crippen LogP contribution in [0.1, 0.15) is 38.5 Å². The van der Waals surface area contributed by atoms with Gasteiger partial charge in [-0.1, -0.05) is 25.7 Å². The van der Waals surface area contributed by atoms with E-state index in [-0.39, 0.29) is 12.0 Å². The largest absolute Gasteiger partial charge is 0.469 e. The molecule has 1 aliphatic heterocycles. The molecule has 100 valence electrons. The molecule has 2 rings (SSSR count). The first-order valence-corrected chi connectivity index (χ1v) is 7.80. The highest BCUT2D eigenvalue weighted by atomic mass is 31.2. The zero-order chi connectivity index (χ0) is 12.4. The average molecular weight is 264 g/mol. The molecule has 1 heterocycles. The van der Waals surface area contributed by atoms with Gasteiger partial charge in [-0.25, -0.2) is 4.57 Å². The van der Waals surface area contributed by atoms with Crippen LogP contribution in [0.15, 0.2) is 0 Å². The van der Waals surface area contributed by atoms with Gasteiger partial charge in [0, 0.05) is 5.41 Å². The van der Waals surface area contributed by atoms with E-state index >= 15 is 0 Å². The van der Waals surface area contributed by atoms with E-state index in [0.717, 1.165) is 12.3 Å². The third kappa shape index (κ3) is 4.04. The molecule has 1 saturated carbocycles. The molecule has 0 atom stereocenters. The van der Waals surface area contributed by atoms with E-state index in [0.29, 0.717) is 19.6 Å². The molecular weight excluding hydrogens is 243 g/mol. The summed E-state index contributed by atoms with van der Waals surface area (Å²) in [4.78, 5) is 17.3. The fourth-order valence-corrected chi connectivity index (χ4v) is 3.29. The second-order valence-electron chi connectivity index (χ2n) is 5.42. The van der Waals surface area contributed by atoms with Crippen molar-refractivity contribution in [2.75, 3.05) is 19.8 Å². The monoisotopic (exact) mass is 264 g/mol. The molecule has 0 bridgehead atoms. The summed E-state index contributed by atoms with van der Waals surface area (Å²) in [6, 6.07) is 0. The van der Waals surface area contributed by atoms with Crippen LogP contribution in [0, 0.1) is 11.3 Å². The molecule has 0 unspecified atom stereocenters. The van der Waals surface area contributed by atoms with E-state index in [1.165, 1.54) is 25.7 Å². The van der Waals surface area contributed by atoms with Crippen molar-refractivity contribution in [1.29, 1.82) is 0 Å². The predicted molar refractivity (Wildman–Crippen MR) is 62.4 cm³/mol. The van der Waals surface area contributed by atoms with E-state index in [1.54, 1.807) is 0 Å². The Morgan fingerprint density at radius 3 is 2.41 bits per heavy atom. The smallest absolute Gasteiger partial charge is 0.380 e. The number of rotatable bonds is 6. The summed E-state index contributed by atoms with van der Waals surface area (Å²) in [6.07, 6.45) is 7.04. The Morgan fingerprint density at radius 2 is 1.94 bits per heavy atom. The molecular formula is C11H21O5P. The Balaban J connectivity index is 1.76. The Hall–Kier alpha value is 0.0700. The van der Waals surface area contributed by atoms with Crippen LogP contribution in [-0.2, 0) is 13.8 Å². The maximum Gasteiger partial charge on any atom is 0.469 e. The van der Waals surface area contributed by atoms with Crippen LogP contribution in [0.4, 0.5) is 0 Å². The van der Waals surface area contributed by atoms with Crippen LogP contribution in [0.5, 0.6) is 0 Å². The summed E-state index contributed by atoms with van der Waals surface area (Å²) in [5.41, 5.74) is 0.115. The van der Waals surface area contributed by atoms with Crippen molar-refractivity contribution in [3.63, 3.8) is 0 Å². The van der Waals surface area contributed by atoms with Crippen LogP contribution in [0.25, 0.3) is 0 Å². The van der Waals surface area contributed by atoms with Crippen molar-refractivity contribution in [3.05, 3.63) is 0 Å². The summed E-state index contributed by atoms with van der Waals surface area (Å²) < 4.78 is 20.4. The molecule has 1 saturated heterocycles. The van der Waals surface area contributed by atoms with Gasteiger partial charge in [0.25, 0.3) is 0 Å². The number of hydrogen-bond donors (Lipinski definition) is 2. The average Bonchev–Trinajstić information content (AvgIpc) is 2.64. The van der Waals surface area contributed by atoms with Gasteiger partial charge in [-0.05, 0) is 18.8 Å². The van der Waals surface area contributed by atoms with Crippen LogP contribution in [0.2, 0.25) is 0 Å². The maximum atomic E-state index is 10.6. The van der Waals surface area contributed by atoms with E-state index in [1.807, 2.05) is 0 Å². The van der Waals surface area contributed by atoms with Gasteiger partial charge >= 0.3 is 7.82 Å². The number of ether oxygens (including phenoxy) is 1. The first-order valence-electron chi connectivity index (χ1n) is 6.27. The number of phosphoric ester groups is 1. The molecule has 0 aromatic rings. The molecule has 0 amide bonds. The normalized spacial score (nSPS) is 24.8. The Labute approximate surface area is 102 Å². The molecule has 2 fully saturated rings. The van der Waals surface area contributed by atoms with Crippen molar-refractivity contribution in [1.82, 2.24) is 0 Å². The van der Waals surface area contributed by atoms with Crippen molar-refractivity contribution in [3.8, 4) is 0 Å². The highest BCUT2D eigenvalue weighted by Crippen LogP contribution is 2.44. The Kier molecular flexibility index (Phi) is 4.26. The van der Waals surface area contributed by atoms with E-state index < -0.39 is 7.82 Å². The highest BCUT2D eigenvalue weighted by molar-refractivity contribution is 7.46. The molecule has 0 radical (unpaired) electrons. The minimum Gasteiger partial charge on any atom is -0.380 e. The molecule has 2 N–H and O–H groups in total. The zero-order valence-electron chi connectivity index (χ0n) is 10.0. The number of phosphoric acid groups is 1. The first kappa shape index (κ1) is 13.5. The summed E-state index contributed by atoms with van der Waals surface area (Å²) in [7, 11) is -4.31. The Morgan fingerprint density at radius 1 is 1.29 bits per heavy atom. The zero-order valence-corrected chi connectivity index (χ0v) is 10.9. The van der Waals surface area contributed by atoms with Gasteiger partial charge in [-0.15, -0.1) is 0 Å². The molecule has 1 aliphatic carbocycles. The van der Waals surface area contributed by atoms with E-state index in [2.05, 4.69) is 4.52 Å². The lowest BCUT2D eigenvalue weighted by molar-refractivity contribution is -0.133. The molecule has 5 nitrogen and oxygen atoms in total. The van der Waals surface area contributed by atoms with Crippen molar-refractivity contribution < 1.29 is 23.6 Å². The quantitative estimate of drug-likeness (QED) is 0.718. The minimum atomic E-state index is -4.31. The van der Waals surface area contributed by atoms with Gasteiger partial charge in [0.1, 0.15) is 0 Å². The Bertz CT molecular complexity index is 290. The standard InChI is InChI=1S/C11H21O5P/c12-17(13,14)16-6-5-11(8-15-9-11)7-10-3-1-2-4-10/h10H,1-9H2,(H2,12,13,14). The highest BCUT2D eigenvalue weighted by Gasteiger charge is 2.40. The van der Waals surface area contributed by atoms with Gasteiger partial charge < -0.3 is 14.5 Å². The van der Waals surface area contributed by atoms with Gasteiger partial charge in [0.15, 0.2) is 0 Å². The summed E-state index contributed by atoms with van der Waals surface area (Å²) in [6.45, 7) is 1.56. The molecule has 6 heteroatoms. The molecule has 0 aromatic carbocycles. The van der Waals surface area contributed by atoms with Crippen LogP contribution in [0.3, 0.4) is 0 Å². The lowest BCUT2D eigenvalue weighted by atomic mass is 9.75. The molecule has 2 aliphatic rings. The third-order valence-electron chi connectivity index (χ3n) is 3.90. The minimum absolute atomic E-state index is 0.115. The van der Waals surface area contributed by atoms with Crippen molar-refractivity contribution >= 4 is 7.82 Å². The van der Waals surface area contributed by atoms with Crippen LogP contribution in [-0.4, -0.2) is 29.6 Å². The predicted octanol–water partition coefficient (Wildman–Crippen LogP) is 2.08. The lowest BCUT2D eigenvalue weighted by Crippen LogP contribution is -2.44. The van der Waals surface area contributed by atoms with Crippen molar-refractivity contribution in [2.45, 2.75) is 38.5 Å². The van der Waals surface area contributed by atoms with Gasteiger partial charge in [0.2, 0.25) is 0 Å². The second-order valence-corrected chi connectivity index (χ2v) is 6.66. The fourth-order valence-electron chi connectivity index (χ4n) is 2.96. The van der Waals surface area contributed by atoms with E-state index in [4.69, 9.17) is 14.5 Å². The van der Waals surface area contributed by atoms with Crippen LogP contribution < -0.4 is 0 Å². The number of hydrogen-bond acceptors (Lipinski definition) is 3. The molecule has 0 spiro atoms. The third-order valence-corrected chi connectivity index (χ3v) is 4.42. The van der Waals surface area contributed by atoms with Crippen LogP contribution >= 0.6 is 7.82 Å². The van der Waals surface area contributed by atoms with Crippen molar-refractivity contribution in [2.24, 2.45) is 11.3 Å².